The molecule has 13 heavy (non-hydrogen) atoms. The van der Waals surface area contributed by atoms with E-state index in [9.17, 15) is 0 Å². The van der Waals surface area contributed by atoms with Crippen LogP contribution in [0.5, 0.6) is 0 Å². The average molecular weight is 173 g/mol. The van der Waals surface area contributed by atoms with Gasteiger partial charge in [-0.3, -0.25) is 0 Å². The van der Waals surface area contributed by atoms with Gasteiger partial charge in [0, 0.05) is 18.3 Å². The molecule has 0 radical (unpaired) electrons. The van der Waals surface area contributed by atoms with E-state index in [0.717, 1.165) is 6.04 Å². The first-order chi connectivity index (χ1) is 6.36. The minimum Gasteiger partial charge on any atom is -0.368 e. The van der Waals surface area contributed by atoms with E-state index in [4.69, 9.17) is 0 Å². The Bertz CT molecular complexity index is 343. The quantitative estimate of drug-likeness (QED) is 0.582. The van der Waals surface area contributed by atoms with Crippen molar-refractivity contribution in [1.29, 1.82) is 0 Å². The van der Waals surface area contributed by atoms with Crippen molar-refractivity contribution in [1.82, 2.24) is 0 Å². The van der Waals surface area contributed by atoms with Crippen LogP contribution < -0.4 is 4.90 Å². The number of hydrogen-bond acceptors (Lipinski definition) is 1. The number of benzene rings is 1. The lowest BCUT2D eigenvalue weighted by Gasteiger charge is -2.30. The molecule has 68 valence electrons. The average Bonchev–Trinajstić information content (AvgIpc) is 2.47. The van der Waals surface area contributed by atoms with Gasteiger partial charge in [-0.05, 0) is 37.3 Å². The Morgan fingerprint density at radius 1 is 1.31 bits per heavy atom. The van der Waals surface area contributed by atoms with Gasteiger partial charge in [-0.25, -0.2) is 0 Å². The minimum atomic E-state index is 0.733. The molecule has 0 saturated heterocycles. The van der Waals surface area contributed by atoms with E-state index in [2.05, 4.69) is 30.0 Å². The lowest BCUT2D eigenvalue weighted by molar-refractivity contribution is 0.628. The standard InChI is InChI=1S/C12H15N/c1-9-8-11-5-2-4-10-6-3-7-13(9)12(10)11/h2,4-5,9H,3,6-8H2,1H3. The second kappa shape index (κ2) is 2.50. The number of nitrogens with zero attached hydrogens (tertiary/aromatic N) is 1. The Morgan fingerprint density at radius 2 is 2.15 bits per heavy atom. The molecule has 0 spiro atoms. The van der Waals surface area contributed by atoms with Crippen LogP contribution in [0.1, 0.15) is 24.5 Å². The smallest absolute Gasteiger partial charge is 0.0434 e. The molecule has 1 unspecified atom stereocenters. The van der Waals surface area contributed by atoms with Gasteiger partial charge in [0.1, 0.15) is 0 Å². The van der Waals surface area contributed by atoms with Crippen molar-refractivity contribution in [3.63, 3.8) is 0 Å². The molecule has 1 aromatic carbocycles. The monoisotopic (exact) mass is 173 g/mol. The number of hydrogen-bond donors (Lipinski definition) is 0. The summed E-state index contributed by atoms with van der Waals surface area (Å²) in [6.07, 6.45) is 3.87. The zero-order chi connectivity index (χ0) is 8.84. The van der Waals surface area contributed by atoms with Crippen molar-refractivity contribution in [3.8, 4) is 0 Å². The van der Waals surface area contributed by atoms with E-state index >= 15 is 0 Å². The molecule has 0 N–H and O–H groups in total. The number of anilines is 1. The number of aryl methyl sites for hydroxylation is 1. The highest BCUT2D eigenvalue weighted by molar-refractivity contribution is 5.65. The highest BCUT2D eigenvalue weighted by Gasteiger charge is 2.29. The maximum atomic E-state index is 2.59. The van der Waals surface area contributed by atoms with Crippen LogP contribution >= 0.6 is 0 Å². The summed E-state index contributed by atoms with van der Waals surface area (Å²) in [5.74, 6) is 0. The van der Waals surface area contributed by atoms with Gasteiger partial charge in [-0.2, -0.15) is 0 Å². The van der Waals surface area contributed by atoms with Crippen molar-refractivity contribution in [2.24, 2.45) is 0 Å². The molecular formula is C12H15N. The molecule has 0 aliphatic carbocycles. The highest BCUT2D eigenvalue weighted by Crippen LogP contribution is 2.38. The Balaban J connectivity index is 2.20. The molecule has 2 heterocycles. The molecule has 0 fully saturated rings. The fourth-order valence-corrected chi connectivity index (χ4v) is 2.80. The third-order valence-corrected chi connectivity index (χ3v) is 3.38. The van der Waals surface area contributed by atoms with Crippen LogP contribution in [0.2, 0.25) is 0 Å². The van der Waals surface area contributed by atoms with Gasteiger partial charge in [-0.15, -0.1) is 0 Å². The molecular weight excluding hydrogens is 158 g/mol. The largest absolute Gasteiger partial charge is 0.368 e. The van der Waals surface area contributed by atoms with Crippen LogP contribution in [0.3, 0.4) is 0 Å². The van der Waals surface area contributed by atoms with Crippen LogP contribution in [0.4, 0.5) is 5.69 Å². The molecule has 1 heteroatoms. The van der Waals surface area contributed by atoms with Gasteiger partial charge in [0.15, 0.2) is 0 Å². The SMILES string of the molecule is CC1Cc2cccc3c2N1CCC3. The Morgan fingerprint density at radius 3 is 3.08 bits per heavy atom. The maximum Gasteiger partial charge on any atom is 0.0434 e. The second-order valence-corrected chi connectivity index (χ2v) is 4.27. The summed E-state index contributed by atoms with van der Waals surface area (Å²) in [4.78, 5) is 2.59. The Kier molecular flexibility index (Phi) is 1.43. The van der Waals surface area contributed by atoms with Gasteiger partial charge >= 0.3 is 0 Å². The summed E-state index contributed by atoms with van der Waals surface area (Å²) in [6.45, 7) is 3.61. The first kappa shape index (κ1) is 7.43. The Hall–Kier alpha value is -0.980. The minimum absolute atomic E-state index is 0.733. The topological polar surface area (TPSA) is 3.24 Å². The van der Waals surface area contributed by atoms with Crippen LogP contribution in [0.15, 0.2) is 18.2 Å². The molecule has 1 atom stereocenters. The van der Waals surface area contributed by atoms with Gasteiger partial charge in [0.25, 0.3) is 0 Å². The van der Waals surface area contributed by atoms with Crippen LogP contribution in [0.25, 0.3) is 0 Å². The first-order valence-corrected chi connectivity index (χ1v) is 5.23. The summed E-state index contributed by atoms with van der Waals surface area (Å²) in [5.41, 5.74) is 4.72. The highest BCUT2D eigenvalue weighted by atomic mass is 15.2. The predicted molar refractivity (Wildman–Crippen MR) is 55.3 cm³/mol. The normalized spacial score (nSPS) is 24.7. The van der Waals surface area contributed by atoms with Crippen molar-refractivity contribution >= 4 is 5.69 Å². The molecule has 2 aliphatic rings. The molecule has 2 aliphatic heterocycles. The summed E-state index contributed by atoms with van der Waals surface area (Å²) in [7, 11) is 0. The van der Waals surface area contributed by atoms with E-state index in [0.29, 0.717) is 0 Å². The molecule has 0 saturated carbocycles. The third-order valence-electron chi connectivity index (χ3n) is 3.38. The Labute approximate surface area is 79.4 Å². The van der Waals surface area contributed by atoms with Gasteiger partial charge in [0.2, 0.25) is 0 Å². The van der Waals surface area contributed by atoms with Crippen LogP contribution in [-0.2, 0) is 12.8 Å². The third kappa shape index (κ3) is 0.932. The second-order valence-electron chi connectivity index (χ2n) is 4.27. The zero-order valence-electron chi connectivity index (χ0n) is 8.09. The van der Waals surface area contributed by atoms with Crippen molar-refractivity contribution in [2.75, 3.05) is 11.4 Å². The van der Waals surface area contributed by atoms with Gasteiger partial charge in [-0.1, -0.05) is 18.2 Å². The van der Waals surface area contributed by atoms with Crippen LogP contribution in [-0.4, -0.2) is 12.6 Å². The molecule has 0 amide bonds. The predicted octanol–water partition coefficient (Wildman–Crippen LogP) is 2.38. The summed E-state index contributed by atoms with van der Waals surface area (Å²) < 4.78 is 0. The molecule has 1 aromatic rings. The maximum absolute atomic E-state index is 2.59. The lowest BCUT2D eigenvalue weighted by atomic mass is 10.0. The van der Waals surface area contributed by atoms with E-state index in [1.54, 1.807) is 16.8 Å². The fourth-order valence-electron chi connectivity index (χ4n) is 2.80. The number of rotatable bonds is 0. The van der Waals surface area contributed by atoms with Gasteiger partial charge < -0.3 is 4.90 Å². The van der Waals surface area contributed by atoms with E-state index in [-0.39, 0.29) is 0 Å². The fraction of sp³-hybridized carbons (Fsp3) is 0.500. The van der Waals surface area contributed by atoms with E-state index in [1.807, 2.05) is 0 Å². The van der Waals surface area contributed by atoms with Gasteiger partial charge in [0.05, 0.1) is 0 Å². The first-order valence-electron chi connectivity index (χ1n) is 5.23. The summed E-state index contributed by atoms with van der Waals surface area (Å²) in [5, 5.41) is 0. The van der Waals surface area contributed by atoms with E-state index in [1.165, 1.54) is 25.8 Å². The molecule has 1 nitrogen and oxygen atoms in total. The van der Waals surface area contributed by atoms with Crippen LogP contribution in [0, 0.1) is 0 Å². The lowest BCUT2D eigenvalue weighted by Crippen LogP contribution is -2.33. The van der Waals surface area contributed by atoms with E-state index < -0.39 is 0 Å². The summed E-state index contributed by atoms with van der Waals surface area (Å²) in [6, 6.07) is 7.54. The number of para-hydroxylation sites is 1. The molecule has 0 bridgehead atoms. The zero-order valence-corrected chi connectivity index (χ0v) is 8.09. The van der Waals surface area contributed by atoms with Crippen molar-refractivity contribution < 1.29 is 0 Å². The molecule has 0 aromatic heterocycles. The van der Waals surface area contributed by atoms with Crippen molar-refractivity contribution in [3.05, 3.63) is 29.3 Å². The molecule has 3 rings (SSSR count). The van der Waals surface area contributed by atoms with Crippen molar-refractivity contribution in [2.45, 2.75) is 32.2 Å². The summed E-state index contributed by atoms with van der Waals surface area (Å²) >= 11 is 0.